The molecule has 0 aliphatic rings. The number of aromatic nitrogens is 6. The largest absolute Gasteiger partial charge is 0.361 e. The van der Waals surface area contributed by atoms with Gasteiger partial charge in [0.2, 0.25) is 0 Å². The molecule has 1 amide bonds. The van der Waals surface area contributed by atoms with Gasteiger partial charge < -0.3 is 9.97 Å². The molecule has 4 aromatic heterocycles. The first-order valence-electron chi connectivity index (χ1n) is 12.4. The number of rotatable bonds is 7. The average Bonchev–Trinajstić information content (AvgIpc) is 3.62. The van der Waals surface area contributed by atoms with Gasteiger partial charge in [0.15, 0.2) is 5.65 Å². The van der Waals surface area contributed by atoms with Crippen molar-refractivity contribution in [1.82, 2.24) is 33.9 Å². The molecular formula is C27H31N7O4. The molecular weight excluding hydrogens is 486 g/mol. The van der Waals surface area contributed by atoms with Gasteiger partial charge in [-0.2, -0.15) is 5.10 Å². The highest BCUT2D eigenvalue weighted by Gasteiger charge is 2.25. The molecule has 0 saturated carbocycles. The summed E-state index contributed by atoms with van der Waals surface area (Å²) in [4.78, 5) is 50.9. The lowest BCUT2D eigenvalue weighted by molar-refractivity contribution is -0.0756. The van der Waals surface area contributed by atoms with E-state index in [1.54, 1.807) is 21.5 Å². The van der Waals surface area contributed by atoms with Gasteiger partial charge in [-0.25, -0.2) is 9.86 Å². The van der Waals surface area contributed by atoms with Crippen molar-refractivity contribution >= 4 is 27.8 Å². The summed E-state index contributed by atoms with van der Waals surface area (Å²) in [7, 11) is 4.41. The lowest BCUT2D eigenvalue weighted by Crippen LogP contribution is -2.38. The Labute approximate surface area is 218 Å². The van der Waals surface area contributed by atoms with Crippen molar-refractivity contribution in [2.75, 3.05) is 14.2 Å². The molecule has 0 fully saturated rings. The Morgan fingerprint density at radius 2 is 1.92 bits per heavy atom. The first-order valence-corrected chi connectivity index (χ1v) is 12.4. The van der Waals surface area contributed by atoms with Crippen LogP contribution in [0.5, 0.6) is 0 Å². The molecule has 5 aromatic rings. The van der Waals surface area contributed by atoms with Crippen molar-refractivity contribution in [1.29, 1.82) is 0 Å². The van der Waals surface area contributed by atoms with E-state index in [2.05, 4.69) is 16.0 Å². The van der Waals surface area contributed by atoms with Crippen LogP contribution in [0.15, 0.2) is 46.2 Å². The van der Waals surface area contributed by atoms with Gasteiger partial charge in [0.05, 0.1) is 30.6 Å². The van der Waals surface area contributed by atoms with E-state index in [4.69, 9.17) is 9.94 Å². The molecule has 11 heteroatoms. The Morgan fingerprint density at radius 1 is 1.16 bits per heavy atom. The second kappa shape index (κ2) is 9.49. The third kappa shape index (κ3) is 4.14. The van der Waals surface area contributed by atoms with Crippen LogP contribution < -0.4 is 11.2 Å². The van der Waals surface area contributed by atoms with E-state index in [-0.39, 0.29) is 11.8 Å². The van der Waals surface area contributed by atoms with Crippen molar-refractivity contribution in [3.05, 3.63) is 74.2 Å². The number of nitrogens with zero attached hydrogens (tertiary/aromatic N) is 5. The van der Waals surface area contributed by atoms with Crippen molar-refractivity contribution in [3.63, 3.8) is 0 Å². The van der Waals surface area contributed by atoms with E-state index >= 15 is 0 Å². The quantitative estimate of drug-likeness (QED) is 0.321. The Bertz CT molecular complexity index is 1800. The number of aryl methyl sites for hydroxylation is 1. The van der Waals surface area contributed by atoms with Crippen LogP contribution in [-0.4, -0.2) is 54.0 Å². The van der Waals surface area contributed by atoms with E-state index in [1.165, 1.54) is 21.2 Å². The summed E-state index contributed by atoms with van der Waals surface area (Å²) in [6, 6.07) is 7.84. The van der Waals surface area contributed by atoms with Crippen LogP contribution >= 0.6 is 0 Å². The average molecular weight is 518 g/mol. The minimum absolute atomic E-state index is 0.151. The highest BCUT2D eigenvalue weighted by Crippen LogP contribution is 2.29. The van der Waals surface area contributed by atoms with Crippen molar-refractivity contribution < 1.29 is 9.63 Å². The third-order valence-corrected chi connectivity index (χ3v) is 6.76. The van der Waals surface area contributed by atoms with Gasteiger partial charge in [-0.15, -0.1) is 0 Å². The maximum atomic E-state index is 13.5. The fourth-order valence-electron chi connectivity index (χ4n) is 4.78. The summed E-state index contributed by atoms with van der Waals surface area (Å²) in [5.74, 6) is -0.194. The molecule has 0 unspecified atom stereocenters. The zero-order chi connectivity index (χ0) is 27.3. The van der Waals surface area contributed by atoms with E-state index in [1.807, 2.05) is 39.1 Å². The predicted octanol–water partition coefficient (Wildman–Crippen LogP) is 3.02. The molecule has 38 heavy (non-hydrogen) atoms. The van der Waals surface area contributed by atoms with Crippen molar-refractivity contribution in [2.45, 2.75) is 33.9 Å². The molecule has 0 radical (unpaired) electrons. The Morgan fingerprint density at radius 3 is 2.63 bits per heavy atom. The summed E-state index contributed by atoms with van der Waals surface area (Å²) in [6.07, 6.45) is 3.50. The molecule has 198 valence electrons. The number of benzene rings is 1. The maximum Gasteiger partial charge on any atom is 0.332 e. The van der Waals surface area contributed by atoms with Gasteiger partial charge in [-0.05, 0) is 36.6 Å². The number of carbonyl (C=O) groups is 1. The molecule has 0 bridgehead atoms. The summed E-state index contributed by atoms with van der Waals surface area (Å²) in [5.41, 5.74) is 3.94. The lowest BCUT2D eigenvalue weighted by Gasteiger charge is -2.11. The number of amides is 1. The summed E-state index contributed by atoms with van der Waals surface area (Å²) >= 11 is 0. The van der Waals surface area contributed by atoms with Crippen LogP contribution in [-0.2, 0) is 25.0 Å². The van der Waals surface area contributed by atoms with Gasteiger partial charge >= 0.3 is 5.69 Å². The van der Waals surface area contributed by atoms with Gasteiger partial charge in [-0.3, -0.25) is 28.2 Å². The first-order chi connectivity index (χ1) is 18.1. The molecule has 0 aliphatic heterocycles. The molecule has 5 rings (SSSR count). The Balaban J connectivity index is 1.78. The van der Waals surface area contributed by atoms with Gasteiger partial charge in [0, 0.05) is 43.9 Å². The van der Waals surface area contributed by atoms with E-state index < -0.39 is 11.2 Å². The summed E-state index contributed by atoms with van der Waals surface area (Å²) in [6.45, 7) is 6.79. The fraction of sp³-hybridized carbons (Fsp3) is 0.333. The fourth-order valence-corrected chi connectivity index (χ4v) is 4.78. The minimum Gasteiger partial charge on any atom is -0.361 e. The zero-order valence-corrected chi connectivity index (χ0v) is 22.3. The zero-order valence-electron chi connectivity index (χ0n) is 22.3. The smallest absolute Gasteiger partial charge is 0.332 e. The molecule has 11 nitrogen and oxygen atoms in total. The number of fused-ring (bicyclic) bond motifs is 2. The molecule has 0 aliphatic carbocycles. The van der Waals surface area contributed by atoms with Crippen molar-refractivity contribution in [3.8, 4) is 11.4 Å². The minimum atomic E-state index is -0.447. The SMILES string of the molecule is CON(C)C(=O)c1c[nH]c(-c2c3c(=O)n(C)c(=O)n(CC(C)C)c3nn2Cc2c[nH]c3ccc(C)cc23)c1. The number of H-pyrrole nitrogens is 2. The topological polar surface area (TPSA) is 123 Å². The molecule has 4 heterocycles. The number of hydroxylamine groups is 2. The summed E-state index contributed by atoms with van der Waals surface area (Å²) in [5, 5.41) is 7.31. The number of hydrogen-bond donors (Lipinski definition) is 2. The van der Waals surface area contributed by atoms with Crippen LogP contribution in [0.2, 0.25) is 0 Å². The highest BCUT2D eigenvalue weighted by atomic mass is 16.7. The number of hydrogen-bond acceptors (Lipinski definition) is 5. The third-order valence-electron chi connectivity index (χ3n) is 6.76. The first kappa shape index (κ1) is 25.3. The molecule has 0 spiro atoms. The molecule has 1 aromatic carbocycles. The number of carbonyl (C=O) groups excluding carboxylic acids is 1. The molecule has 2 N–H and O–H groups in total. The second-order valence-electron chi connectivity index (χ2n) is 10.0. The number of nitrogens with one attached hydrogen (secondary N) is 2. The maximum absolute atomic E-state index is 13.5. The Hall–Kier alpha value is -4.38. The molecule has 0 saturated heterocycles. The van der Waals surface area contributed by atoms with Gasteiger partial charge in [0.1, 0.15) is 5.39 Å². The van der Waals surface area contributed by atoms with Crippen molar-refractivity contribution in [2.24, 2.45) is 13.0 Å². The van der Waals surface area contributed by atoms with Crippen LogP contribution in [0.4, 0.5) is 0 Å². The van der Waals surface area contributed by atoms with Gasteiger partial charge in [-0.1, -0.05) is 25.5 Å². The van der Waals surface area contributed by atoms with Crippen LogP contribution in [0.1, 0.15) is 35.3 Å². The highest BCUT2D eigenvalue weighted by molar-refractivity contribution is 5.96. The second-order valence-corrected chi connectivity index (χ2v) is 10.0. The monoisotopic (exact) mass is 517 g/mol. The summed E-state index contributed by atoms with van der Waals surface area (Å²) < 4.78 is 4.39. The van der Waals surface area contributed by atoms with Crippen LogP contribution in [0.25, 0.3) is 33.3 Å². The van der Waals surface area contributed by atoms with E-state index in [0.29, 0.717) is 41.1 Å². The van der Waals surface area contributed by atoms with E-state index in [0.717, 1.165) is 31.7 Å². The Kier molecular flexibility index (Phi) is 6.31. The van der Waals surface area contributed by atoms with E-state index in [9.17, 15) is 14.4 Å². The lowest BCUT2D eigenvalue weighted by atomic mass is 10.1. The van der Waals surface area contributed by atoms with Gasteiger partial charge in [0.25, 0.3) is 11.5 Å². The molecule has 0 atom stereocenters. The standard InChI is InChI=1S/C27H31N7O4/c1-15(2)13-33-24-22(26(36)31(4)27(33)37)23(21-10-17(11-29-21)25(35)32(5)38-6)34(30-24)14-18-12-28-20-8-7-16(3)9-19(18)20/h7-12,15,28-29H,13-14H2,1-6H3. The van der Waals surface area contributed by atoms with Crippen LogP contribution in [0, 0.1) is 12.8 Å². The number of aromatic amines is 2. The predicted molar refractivity (Wildman–Crippen MR) is 145 cm³/mol. The van der Waals surface area contributed by atoms with Crippen LogP contribution in [0.3, 0.4) is 0 Å². The normalized spacial score (nSPS) is 11.8.